The van der Waals surface area contributed by atoms with Crippen molar-refractivity contribution < 1.29 is 4.79 Å². The third kappa shape index (κ3) is 3.44. The lowest BCUT2D eigenvalue weighted by molar-refractivity contribution is 0.102. The highest BCUT2D eigenvalue weighted by molar-refractivity contribution is 7.80. The molecule has 0 atom stereocenters. The molecule has 1 amide bonds. The van der Waals surface area contributed by atoms with E-state index in [9.17, 15) is 4.79 Å². The number of carbonyl (C=O) groups excluding carboxylic acids is 1. The number of aryl methyl sites for hydroxylation is 1. The summed E-state index contributed by atoms with van der Waals surface area (Å²) >= 11 is 16.3. The number of nitrogens with one attached hydrogen (secondary N) is 1. The summed E-state index contributed by atoms with van der Waals surface area (Å²) in [6.45, 7) is 1.85. The number of rotatable bonds is 2. The van der Waals surface area contributed by atoms with E-state index >= 15 is 0 Å². The van der Waals surface area contributed by atoms with Gasteiger partial charge in [-0.3, -0.25) is 4.79 Å². The van der Waals surface area contributed by atoms with Crippen molar-refractivity contribution >= 4 is 47.4 Å². The first-order chi connectivity index (χ1) is 8.97. The lowest BCUT2D eigenvalue weighted by atomic mass is 10.2. The number of hydrogen-bond acceptors (Lipinski definition) is 2. The van der Waals surface area contributed by atoms with Gasteiger partial charge >= 0.3 is 0 Å². The minimum atomic E-state index is -0.241. The predicted molar refractivity (Wildman–Crippen MR) is 82.8 cm³/mol. The highest BCUT2D eigenvalue weighted by Gasteiger charge is 2.10. The van der Waals surface area contributed by atoms with Gasteiger partial charge in [-0.05, 0) is 48.9 Å². The van der Waals surface area contributed by atoms with E-state index in [-0.39, 0.29) is 5.91 Å². The van der Waals surface area contributed by atoms with Crippen LogP contribution in [0.4, 0.5) is 5.69 Å². The average molecular weight is 312 g/mol. The molecule has 1 N–H and O–H groups in total. The average Bonchev–Trinajstić information content (AvgIpc) is 2.36. The minimum absolute atomic E-state index is 0.241. The molecule has 19 heavy (non-hydrogen) atoms. The predicted octanol–water partition coefficient (Wildman–Crippen LogP) is 4.84. The van der Waals surface area contributed by atoms with Crippen LogP contribution in [-0.4, -0.2) is 5.91 Å². The van der Waals surface area contributed by atoms with Gasteiger partial charge in [-0.1, -0.05) is 23.2 Å². The smallest absolute Gasteiger partial charge is 0.255 e. The first kappa shape index (κ1) is 14.3. The van der Waals surface area contributed by atoms with E-state index in [0.29, 0.717) is 21.3 Å². The van der Waals surface area contributed by atoms with E-state index in [0.717, 1.165) is 10.5 Å². The Morgan fingerprint density at radius 3 is 2.37 bits per heavy atom. The molecule has 2 aromatic rings. The number of hydrogen-bond donors (Lipinski definition) is 2. The maximum absolute atomic E-state index is 12.0. The zero-order valence-corrected chi connectivity index (χ0v) is 12.5. The molecule has 0 saturated carbocycles. The van der Waals surface area contributed by atoms with Gasteiger partial charge in [-0.15, -0.1) is 12.6 Å². The molecule has 0 saturated heterocycles. The van der Waals surface area contributed by atoms with E-state index in [1.807, 2.05) is 6.92 Å². The Morgan fingerprint density at radius 1 is 1.11 bits per heavy atom. The molecule has 2 rings (SSSR count). The van der Waals surface area contributed by atoms with Gasteiger partial charge in [0.05, 0.1) is 10.7 Å². The van der Waals surface area contributed by atoms with Gasteiger partial charge in [-0.25, -0.2) is 0 Å². The van der Waals surface area contributed by atoms with Crippen molar-refractivity contribution in [3.8, 4) is 0 Å². The van der Waals surface area contributed by atoms with Crippen LogP contribution in [-0.2, 0) is 0 Å². The van der Waals surface area contributed by atoms with Gasteiger partial charge in [0.15, 0.2) is 0 Å². The molecule has 0 radical (unpaired) electrons. The summed E-state index contributed by atoms with van der Waals surface area (Å²) in [4.78, 5) is 12.8. The van der Waals surface area contributed by atoms with Crippen LogP contribution in [0.1, 0.15) is 15.9 Å². The molecule has 2 nitrogen and oxygen atoms in total. The first-order valence-corrected chi connectivity index (χ1v) is 6.73. The molecule has 0 unspecified atom stereocenters. The third-order valence-corrected chi connectivity index (χ3v) is 3.64. The van der Waals surface area contributed by atoms with Crippen molar-refractivity contribution in [1.29, 1.82) is 0 Å². The van der Waals surface area contributed by atoms with Crippen LogP contribution in [0.2, 0.25) is 10.0 Å². The van der Waals surface area contributed by atoms with Crippen molar-refractivity contribution in [3.05, 3.63) is 57.6 Å². The van der Waals surface area contributed by atoms with E-state index in [4.69, 9.17) is 23.2 Å². The normalized spacial score (nSPS) is 10.3. The van der Waals surface area contributed by atoms with Crippen LogP contribution in [0.25, 0.3) is 0 Å². The third-order valence-electron chi connectivity index (χ3n) is 2.63. The Hall–Kier alpha value is -1.16. The SMILES string of the molecule is Cc1cc(Cl)c(NC(=O)c2ccc(S)cc2)cc1Cl. The highest BCUT2D eigenvalue weighted by atomic mass is 35.5. The second-order valence-corrected chi connectivity index (χ2v) is 5.41. The summed E-state index contributed by atoms with van der Waals surface area (Å²) < 4.78 is 0. The molecule has 5 heteroatoms. The lowest BCUT2D eigenvalue weighted by Gasteiger charge is -2.09. The van der Waals surface area contributed by atoms with Crippen LogP contribution in [0, 0.1) is 6.92 Å². The van der Waals surface area contributed by atoms with Crippen molar-refractivity contribution in [2.75, 3.05) is 5.32 Å². The van der Waals surface area contributed by atoms with Gasteiger partial charge in [0, 0.05) is 15.5 Å². The van der Waals surface area contributed by atoms with E-state index in [1.54, 1.807) is 36.4 Å². The zero-order chi connectivity index (χ0) is 14.0. The van der Waals surface area contributed by atoms with Crippen LogP contribution in [0.15, 0.2) is 41.3 Å². The summed E-state index contributed by atoms with van der Waals surface area (Å²) in [7, 11) is 0. The number of anilines is 1. The molecular formula is C14H11Cl2NOS. The molecule has 0 aliphatic rings. The summed E-state index contributed by atoms with van der Waals surface area (Å²) in [6.07, 6.45) is 0. The molecule has 0 aliphatic carbocycles. The molecule has 0 aliphatic heterocycles. The van der Waals surface area contributed by atoms with Crippen LogP contribution in [0.5, 0.6) is 0 Å². The number of carbonyl (C=O) groups is 1. The minimum Gasteiger partial charge on any atom is -0.321 e. The zero-order valence-electron chi connectivity index (χ0n) is 10.1. The molecule has 0 spiro atoms. The summed E-state index contributed by atoms with van der Waals surface area (Å²) in [6, 6.07) is 10.3. The maximum Gasteiger partial charge on any atom is 0.255 e. The van der Waals surface area contributed by atoms with Crippen LogP contribution >= 0.6 is 35.8 Å². The Labute approximate surface area is 127 Å². The maximum atomic E-state index is 12.0. The second kappa shape index (κ2) is 5.87. The summed E-state index contributed by atoms with van der Waals surface area (Å²) in [5.74, 6) is -0.241. The quantitative estimate of drug-likeness (QED) is 0.763. The highest BCUT2D eigenvalue weighted by Crippen LogP contribution is 2.29. The largest absolute Gasteiger partial charge is 0.321 e. The molecule has 98 valence electrons. The molecule has 2 aromatic carbocycles. The molecule has 0 aromatic heterocycles. The van der Waals surface area contributed by atoms with Gasteiger partial charge in [0.2, 0.25) is 0 Å². The Bertz CT molecular complexity index is 626. The monoisotopic (exact) mass is 311 g/mol. The molecule has 0 fully saturated rings. The standard InChI is InChI=1S/C14H11Cl2NOS/c1-8-6-12(16)13(7-11(8)15)17-14(18)9-2-4-10(19)5-3-9/h2-7,19H,1H3,(H,17,18). The van der Waals surface area contributed by atoms with E-state index < -0.39 is 0 Å². The topological polar surface area (TPSA) is 29.1 Å². The van der Waals surface area contributed by atoms with Crippen molar-refractivity contribution in [3.63, 3.8) is 0 Å². The van der Waals surface area contributed by atoms with Gasteiger partial charge in [-0.2, -0.15) is 0 Å². The Morgan fingerprint density at radius 2 is 1.74 bits per heavy atom. The second-order valence-electron chi connectivity index (χ2n) is 4.08. The number of amides is 1. The van der Waals surface area contributed by atoms with Gasteiger partial charge in [0.25, 0.3) is 5.91 Å². The van der Waals surface area contributed by atoms with Gasteiger partial charge < -0.3 is 5.32 Å². The van der Waals surface area contributed by atoms with Crippen molar-refractivity contribution in [2.24, 2.45) is 0 Å². The number of thiol groups is 1. The van der Waals surface area contributed by atoms with Crippen molar-refractivity contribution in [1.82, 2.24) is 0 Å². The summed E-state index contributed by atoms with van der Waals surface area (Å²) in [5.41, 5.74) is 1.90. The number of halogens is 2. The fraction of sp³-hybridized carbons (Fsp3) is 0.0714. The molecule has 0 bridgehead atoms. The van der Waals surface area contributed by atoms with Crippen LogP contribution < -0.4 is 5.32 Å². The van der Waals surface area contributed by atoms with E-state index in [2.05, 4.69) is 17.9 Å². The first-order valence-electron chi connectivity index (χ1n) is 5.53. The van der Waals surface area contributed by atoms with E-state index in [1.165, 1.54) is 0 Å². The molecular weight excluding hydrogens is 301 g/mol. The fourth-order valence-electron chi connectivity index (χ4n) is 1.55. The fourth-order valence-corrected chi connectivity index (χ4v) is 2.13. The Kier molecular flexibility index (Phi) is 4.40. The van der Waals surface area contributed by atoms with Gasteiger partial charge in [0.1, 0.15) is 0 Å². The Balaban J connectivity index is 2.24. The molecule has 0 heterocycles. The summed E-state index contributed by atoms with van der Waals surface area (Å²) in [5, 5.41) is 3.75. The number of benzene rings is 2. The van der Waals surface area contributed by atoms with Crippen LogP contribution in [0.3, 0.4) is 0 Å². The lowest BCUT2D eigenvalue weighted by Crippen LogP contribution is -2.12. The van der Waals surface area contributed by atoms with Crippen molar-refractivity contribution in [2.45, 2.75) is 11.8 Å².